The van der Waals surface area contributed by atoms with E-state index in [0.29, 0.717) is 6.10 Å². The molecule has 0 N–H and O–H groups in total. The summed E-state index contributed by atoms with van der Waals surface area (Å²) in [6.07, 6.45) is 5.05. The zero-order valence-corrected chi connectivity index (χ0v) is 11.6. The van der Waals surface area contributed by atoms with Gasteiger partial charge in [-0.15, -0.1) is 0 Å². The van der Waals surface area contributed by atoms with Gasteiger partial charge in [0.25, 0.3) is 0 Å². The van der Waals surface area contributed by atoms with Gasteiger partial charge in [0.2, 0.25) is 0 Å². The highest BCUT2D eigenvalue weighted by Crippen LogP contribution is 2.13. The van der Waals surface area contributed by atoms with Crippen molar-refractivity contribution in [3.05, 3.63) is 66.0 Å². The SMILES string of the molecule is c1ccc(C[C@@H]2CN(Cc3cccnc3)CCO2)cc1. The molecular formula is C17H20N2O. The van der Waals surface area contributed by atoms with Crippen LogP contribution in [0, 0.1) is 0 Å². The van der Waals surface area contributed by atoms with Crippen molar-refractivity contribution in [3.63, 3.8) is 0 Å². The molecule has 0 unspecified atom stereocenters. The Labute approximate surface area is 120 Å². The van der Waals surface area contributed by atoms with Crippen LogP contribution < -0.4 is 0 Å². The first-order valence-corrected chi connectivity index (χ1v) is 7.17. The summed E-state index contributed by atoms with van der Waals surface area (Å²) in [7, 11) is 0. The number of hydrogen-bond donors (Lipinski definition) is 0. The van der Waals surface area contributed by atoms with Crippen LogP contribution in [0.1, 0.15) is 11.1 Å². The lowest BCUT2D eigenvalue weighted by Crippen LogP contribution is -2.42. The number of pyridine rings is 1. The highest BCUT2D eigenvalue weighted by molar-refractivity contribution is 5.16. The first-order chi connectivity index (χ1) is 9.90. The van der Waals surface area contributed by atoms with Crippen molar-refractivity contribution >= 4 is 0 Å². The standard InChI is InChI=1S/C17H20N2O/c1-2-5-15(6-3-1)11-17-14-19(9-10-20-17)13-16-7-4-8-18-12-16/h1-8,12,17H,9-11,13-14H2/t17-/m1/s1. The van der Waals surface area contributed by atoms with Gasteiger partial charge in [0.1, 0.15) is 0 Å². The minimum Gasteiger partial charge on any atom is -0.375 e. The predicted octanol–water partition coefficient (Wildman–Crippen LogP) is 2.53. The van der Waals surface area contributed by atoms with Crippen LogP contribution in [0.25, 0.3) is 0 Å². The van der Waals surface area contributed by atoms with Crippen molar-refractivity contribution in [2.75, 3.05) is 19.7 Å². The highest BCUT2D eigenvalue weighted by atomic mass is 16.5. The van der Waals surface area contributed by atoms with E-state index in [1.165, 1.54) is 11.1 Å². The highest BCUT2D eigenvalue weighted by Gasteiger charge is 2.20. The summed E-state index contributed by atoms with van der Waals surface area (Å²) < 4.78 is 5.89. The van der Waals surface area contributed by atoms with Gasteiger partial charge in [0.05, 0.1) is 12.7 Å². The quantitative estimate of drug-likeness (QED) is 0.852. The lowest BCUT2D eigenvalue weighted by atomic mass is 10.1. The fourth-order valence-electron chi connectivity index (χ4n) is 2.67. The molecule has 2 aromatic rings. The largest absolute Gasteiger partial charge is 0.375 e. The van der Waals surface area contributed by atoms with Gasteiger partial charge in [-0.1, -0.05) is 36.4 Å². The van der Waals surface area contributed by atoms with Crippen LogP contribution in [0.3, 0.4) is 0 Å². The Hall–Kier alpha value is -1.71. The van der Waals surface area contributed by atoms with E-state index >= 15 is 0 Å². The molecule has 1 aliphatic heterocycles. The Morgan fingerprint density at radius 3 is 2.75 bits per heavy atom. The molecule has 1 saturated heterocycles. The number of morpholine rings is 1. The van der Waals surface area contributed by atoms with Crippen molar-refractivity contribution in [2.45, 2.75) is 19.1 Å². The van der Waals surface area contributed by atoms with Crippen LogP contribution in [0.4, 0.5) is 0 Å². The van der Waals surface area contributed by atoms with Crippen LogP contribution in [0.2, 0.25) is 0 Å². The summed E-state index contributed by atoms with van der Waals surface area (Å²) in [5, 5.41) is 0. The van der Waals surface area contributed by atoms with E-state index in [1.807, 2.05) is 18.5 Å². The number of benzene rings is 1. The second-order valence-electron chi connectivity index (χ2n) is 5.28. The van der Waals surface area contributed by atoms with Crippen LogP contribution in [0.5, 0.6) is 0 Å². The number of nitrogens with zero attached hydrogens (tertiary/aromatic N) is 2. The van der Waals surface area contributed by atoms with Crippen molar-refractivity contribution in [3.8, 4) is 0 Å². The number of aromatic nitrogens is 1. The minimum absolute atomic E-state index is 0.294. The Morgan fingerprint density at radius 1 is 1.10 bits per heavy atom. The molecule has 0 saturated carbocycles. The molecule has 1 aromatic heterocycles. The van der Waals surface area contributed by atoms with Crippen LogP contribution in [-0.4, -0.2) is 35.7 Å². The van der Waals surface area contributed by atoms with Gasteiger partial charge in [-0.3, -0.25) is 9.88 Å². The van der Waals surface area contributed by atoms with E-state index in [-0.39, 0.29) is 0 Å². The Kier molecular flexibility index (Phi) is 4.41. The summed E-state index contributed by atoms with van der Waals surface area (Å²) in [6.45, 7) is 3.77. The molecule has 1 atom stereocenters. The lowest BCUT2D eigenvalue weighted by molar-refractivity contribution is -0.0305. The van der Waals surface area contributed by atoms with Crippen LogP contribution in [-0.2, 0) is 17.7 Å². The summed E-state index contributed by atoms with van der Waals surface area (Å²) in [6, 6.07) is 14.7. The molecule has 0 aliphatic carbocycles. The van der Waals surface area contributed by atoms with Gasteiger partial charge in [-0.25, -0.2) is 0 Å². The topological polar surface area (TPSA) is 25.4 Å². The molecule has 0 radical (unpaired) electrons. The van der Waals surface area contributed by atoms with Crippen LogP contribution >= 0.6 is 0 Å². The summed E-state index contributed by atoms with van der Waals surface area (Å²) in [5.74, 6) is 0. The molecule has 1 aromatic carbocycles. The monoisotopic (exact) mass is 268 g/mol. The fraction of sp³-hybridized carbons (Fsp3) is 0.353. The smallest absolute Gasteiger partial charge is 0.0743 e. The Morgan fingerprint density at radius 2 is 1.95 bits per heavy atom. The van der Waals surface area contributed by atoms with Gasteiger partial charge >= 0.3 is 0 Å². The first kappa shape index (κ1) is 13.3. The van der Waals surface area contributed by atoms with Crippen molar-refractivity contribution in [1.29, 1.82) is 0 Å². The normalized spacial score (nSPS) is 19.9. The molecule has 1 fully saturated rings. The van der Waals surface area contributed by atoms with E-state index in [0.717, 1.165) is 32.7 Å². The molecule has 3 nitrogen and oxygen atoms in total. The third-order valence-corrected chi connectivity index (χ3v) is 3.66. The molecular weight excluding hydrogens is 248 g/mol. The van der Waals surface area contributed by atoms with Gasteiger partial charge in [0.15, 0.2) is 0 Å². The molecule has 104 valence electrons. The van der Waals surface area contributed by atoms with Gasteiger partial charge < -0.3 is 4.74 Å². The van der Waals surface area contributed by atoms with Gasteiger partial charge in [-0.05, 0) is 23.6 Å². The zero-order valence-electron chi connectivity index (χ0n) is 11.6. The third-order valence-electron chi connectivity index (χ3n) is 3.66. The summed E-state index contributed by atoms with van der Waals surface area (Å²) in [4.78, 5) is 6.63. The van der Waals surface area contributed by atoms with Crippen molar-refractivity contribution in [1.82, 2.24) is 9.88 Å². The fourth-order valence-corrected chi connectivity index (χ4v) is 2.67. The average molecular weight is 268 g/mol. The van der Waals surface area contributed by atoms with E-state index < -0.39 is 0 Å². The van der Waals surface area contributed by atoms with Gasteiger partial charge in [0, 0.05) is 32.0 Å². The van der Waals surface area contributed by atoms with Crippen molar-refractivity contribution < 1.29 is 4.74 Å². The van der Waals surface area contributed by atoms with E-state index in [4.69, 9.17) is 4.74 Å². The summed E-state index contributed by atoms with van der Waals surface area (Å²) in [5.41, 5.74) is 2.62. The second-order valence-corrected chi connectivity index (χ2v) is 5.28. The number of hydrogen-bond acceptors (Lipinski definition) is 3. The van der Waals surface area contributed by atoms with Crippen LogP contribution in [0.15, 0.2) is 54.9 Å². The molecule has 0 amide bonds. The zero-order chi connectivity index (χ0) is 13.6. The molecule has 0 bridgehead atoms. The first-order valence-electron chi connectivity index (χ1n) is 7.17. The molecule has 20 heavy (non-hydrogen) atoms. The molecule has 0 spiro atoms. The maximum Gasteiger partial charge on any atom is 0.0743 e. The van der Waals surface area contributed by atoms with Crippen molar-refractivity contribution in [2.24, 2.45) is 0 Å². The summed E-state index contributed by atoms with van der Waals surface area (Å²) >= 11 is 0. The minimum atomic E-state index is 0.294. The average Bonchev–Trinajstić information content (AvgIpc) is 2.50. The maximum absolute atomic E-state index is 5.89. The predicted molar refractivity (Wildman–Crippen MR) is 79.4 cm³/mol. The molecule has 3 rings (SSSR count). The van der Waals surface area contributed by atoms with E-state index in [1.54, 1.807) is 0 Å². The molecule has 2 heterocycles. The molecule has 3 heteroatoms. The Bertz CT molecular complexity index is 468. The van der Waals surface area contributed by atoms with E-state index in [2.05, 4.69) is 46.3 Å². The third kappa shape index (κ3) is 3.65. The number of ether oxygens (including phenoxy) is 1. The second kappa shape index (κ2) is 6.64. The lowest BCUT2D eigenvalue weighted by Gasteiger charge is -2.33. The van der Waals surface area contributed by atoms with Gasteiger partial charge in [-0.2, -0.15) is 0 Å². The number of rotatable bonds is 4. The molecule has 1 aliphatic rings. The Balaban J connectivity index is 1.57. The maximum atomic E-state index is 5.89. The van der Waals surface area contributed by atoms with E-state index in [9.17, 15) is 0 Å².